The van der Waals surface area contributed by atoms with Crippen molar-refractivity contribution in [1.82, 2.24) is 9.55 Å². The second-order valence-corrected chi connectivity index (χ2v) is 13.1. The normalized spacial score (nSPS) is 25.8. The Morgan fingerprint density at radius 3 is 2.58 bits per heavy atom. The van der Waals surface area contributed by atoms with Crippen molar-refractivity contribution in [1.29, 1.82) is 0 Å². The van der Waals surface area contributed by atoms with Crippen LogP contribution in [-0.2, 0) is 23.4 Å². The molecule has 1 fully saturated rings. The molecule has 1 aliphatic rings. The Balaban J connectivity index is 1.84. The number of H-pyrrole nitrogens is 1. The highest BCUT2D eigenvalue weighted by molar-refractivity contribution is 9.10. The molecule has 1 aromatic heterocycles. The van der Waals surface area contributed by atoms with E-state index in [4.69, 9.17) is 30.1 Å². The van der Waals surface area contributed by atoms with Gasteiger partial charge in [0.2, 0.25) is 0 Å². The number of nitrogens with one attached hydrogen (secondary N) is 1. The molecule has 2 N–H and O–H groups in total. The fourth-order valence-corrected chi connectivity index (χ4v) is 6.57. The molecule has 2 heterocycles. The van der Waals surface area contributed by atoms with Gasteiger partial charge >= 0.3 is 19.3 Å². The number of hydrogen-bond donors (Lipinski definition) is 2. The van der Waals surface area contributed by atoms with Crippen molar-refractivity contribution in [2.45, 2.75) is 43.0 Å². The number of aromatic nitrogens is 2. The van der Waals surface area contributed by atoms with Crippen LogP contribution in [0.1, 0.15) is 27.0 Å². The van der Waals surface area contributed by atoms with Crippen LogP contribution in [0.4, 0.5) is 0 Å². The van der Waals surface area contributed by atoms with E-state index in [1.165, 1.54) is 6.20 Å². The third kappa shape index (κ3) is 6.48. The predicted octanol–water partition coefficient (Wildman–Crippen LogP) is 3.00. The van der Waals surface area contributed by atoms with Gasteiger partial charge in [0.25, 0.3) is 5.56 Å². The molecule has 1 unspecified atom stereocenters. The summed E-state index contributed by atoms with van der Waals surface area (Å²) in [5, 5.41) is 10.8. The summed E-state index contributed by atoms with van der Waals surface area (Å²) >= 11 is 9.65. The first-order chi connectivity index (χ1) is 16.8. The lowest BCUT2D eigenvalue weighted by molar-refractivity contribution is -0.152. The number of ether oxygens (including phenoxy) is 2. The fraction of sp³-hybridized carbons (Fsp3) is 0.500. The van der Waals surface area contributed by atoms with Gasteiger partial charge in [0.15, 0.2) is 10.0 Å². The van der Waals surface area contributed by atoms with Crippen molar-refractivity contribution < 1.29 is 33.0 Å². The van der Waals surface area contributed by atoms with Crippen molar-refractivity contribution in [3.63, 3.8) is 0 Å². The second kappa shape index (κ2) is 11.2. The van der Waals surface area contributed by atoms with E-state index in [2.05, 4.69) is 20.9 Å². The van der Waals surface area contributed by atoms with Gasteiger partial charge in [-0.2, -0.15) is 0 Å². The summed E-state index contributed by atoms with van der Waals surface area (Å²) in [7, 11) is -4.04. The molecule has 0 bridgehead atoms. The van der Waals surface area contributed by atoms with Gasteiger partial charge < -0.3 is 19.1 Å². The topological polar surface area (TPSA) is 146 Å². The monoisotopic (exact) mass is 608 g/mol. The zero-order valence-electron chi connectivity index (χ0n) is 19.8. The van der Waals surface area contributed by atoms with E-state index in [-0.39, 0.29) is 18.5 Å². The number of benzene rings is 1. The highest BCUT2D eigenvalue weighted by Gasteiger charge is 2.56. The molecule has 0 spiro atoms. The SMILES string of the molecule is CCOC(=O)C(C)(C)CP(=O)(OC[C@H]1O[C@@H](n2ccc(=O)[nH]c2=O)[C@](Cl)(Br)[C@@H]1O)Oc1ccccc1. The first-order valence-electron chi connectivity index (χ1n) is 11.0. The minimum atomic E-state index is -4.04. The van der Waals surface area contributed by atoms with E-state index in [1.807, 2.05) is 0 Å². The van der Waals surface area contributed by atoms with Crippen LogP contribution in [-0.4, -0.2) is 56.0 Å². The fourth-order valence-electron chi connectivity index (χ4n) is 3.53. The summed E-state index contributed by atoms with van der Waals surface area (Å²) in [5.41, 5.74) is -2.65. The van der Waals surface area contributed by atoms with Crippen LogP contribution < -0.4 is 15.8 Å². The van der Waals surface area contributed by atoms with Crippen LogP contribution in [0.25, 0.3) is 0 Å². The maximum atomic E-state index is 13.8. The van der Waals surface area contributed by atoms with Gasteiger partial charge in [-0.3, -0.25) is 23.7 Å². The summed E-state index contributed by atoms with van der Waals surface area (Å²) in [4.78, 5) is 38.2. The number of carbonyl (C=O) groups excluding carboxylic acids is 1. The summed E-state index contributed by atoms with van der Waals surface area (Å²) in [6, 6.07) is 9.36. The van der Waals surface area contributed by atoms with Gasteiger partial charge in [0.05, 0.1) is 24.8 Å². The number of alkyl halides is 2. The average Bonchev–Trinajstić information content (AvgIpc) is 3.01. The lowest BCUT2D eigenvalue weighted by atomic mass is 9.97. The van der Waals surface area contributed by atoms with Gasteiger partial charge in [0, 0.05) is 12.3 Å². The Bertz CT molecular complexity index is 1230. The quantitative estimate of drug-likeness (QED) is 0.236. The largest absolute Gasteiger partial charge is 0.466 e. The van der Waals surface area contributed by atoms with Crippen molar-refractivity contribution in [3.05, 3.63) is 63.4 Å². The lowest BCUT2D eigenvalue weighted by Crippen LogP contribution is -2.41. The Morgan fingerprint density at radius 2 is 1.97 bits per heavy atom. The van der Waals surface area contributed by atoms with Crippen LogP contribution in [0.2, 0.25) is 0 Å². The maximum Gasteiger partial charge on any atom is 0.380 e. The molecular weight excluding hydrogens is 583 g/mol. The van der Waals surface area contributed by atoms with Crippen molar-refractivity contribution >= 4 is 41.1 Å². The van der Waals surface area contributed by atoms with Gasteiger partial charge in [0.1, 0.15) is 18.0 Å². The number of esters is 1. The minimum Gasteiger partial charge on any atom is -0.466 e. The van der Waals surface area contributed by atoms with E-state index in [0.29, 0.717) is 0 Å². The molecule has 1 aromatic carbocycles. The molecule has 198 valence electrons. The summed E-state index contributed by atoms with van der Waals surface area (Å²) in [5.74, 6) is -0.335. The molecule has 14 heteroatoms. The second-order valence-electron chi connectivity index (χ2n) is 8.74. The van der Waals surface area contributed by atoms with Crippen LogP contribution in [0.3, 0.4) is 0 Å². The highest BCUT2D eigenvalue weighted by Crippen LogP contribution is 2.54. The first-order valence-corrected chi connectivity index (χ1v) is 13.9. The lowest BCUT2D eigenvalue weighted by Gasteiger charge is -2.28. The molecular formula is C22H27BrClN2O9P. The Kier molecular flexibility index (Phi) is 8.91. The number of hydrogen-bond acceptors (Lipinski definition) is 9. The Morgan fingerprint density at radius 1 is 1.31 bits per heavy atom. The first kappa shape index (κ1) is 28.6. The van der Waals surface area contributed by atoms with Crippen molar-refractivity contribution in [2.24, 2.45) is 5.41 Å². The number of rotatable bonds is 10. The van der Waals surface area contributed by atoms with E-state index >= 15 is 0 Å². The van der Waals surface area contributed by atoms with Gasteiger partial charge in [-0.05, 0) is 32.9 Å². The molecule has 5 atom stereocenters. The van der Waals surface area contributed by atoms with Crippen molar-refractivity contribution in [2.75, 3.05) is 19.4 Å². The maximum absolute atomic E-state index is 13.8. The van der Waals surface area contributed by atoms with E-state index in [0.717, 1.165) is 10.6 Å². The van der Waals surface area contributed by atoms with Crippen molar-refractivity contribution in [3.8, 4) is 5.75 Å². The number of halogens is 2. The zero-order valence-corrected chi connectivity index (χ0v) is 23.0. The van der Waals surface area contributed by atoms with Gasteiger partial charge in [-0.25, -0.2) is 9.36 Å². The van der Waals surface area contributed by atoms with E-state index in [9.17, 15) is 24.1 Å². The van der Waals surface area contributed by atoms with Crippen LogP contribution in [0.5, 0.6) is 5.75 Å². The minimum absolute atomic E-state index is 0.142. The molecule has 36 heavy (non-hydrogen) atoms. The smallest absolute Gasteiger partial charge is 0.380 e. The molecule has 0 radical (unpaired) electrons. The Hall–Kier alpha value is -1.95. The van der Waals surface area contributed by atoms with Crippen LogP contribution in [0, 0.1) is 5.41 Å². The Labute approximate surface area is 220 Å². The average molecular weight is 610 g/mol. The third-order valence-electron chi connectivity index (χ3n) is 5.32. The summed E-state index contributed by atoms with van der Waals surface area (Å²) < 4.78 is 35.4. The standard InChI is InChI=1S/C22H27BrClN2O9P/c1-4-32-19(29)21(2,3)13-36(31,35-14-8-6-5-7-9-14)33-12-15-17(28)22(23,24)18(34-15)26-11-10-16(27)25-20(26)30/h5-11,15,17-18,28H,4,12-13H2,1-3H3,(H,25,27,30)/t15-,17-,18-,22+,36?/m1/s1. The molecule has 0 aliphatic carbocycles. The number of para-hydroxylation sites is 1. The third-order valence-corrected chi connectivity index (χ3v) is 8.80. The summed E-state index contributed by atoms with van der Waals surface area (Å²) in [6.07, 6.45) is -3.02. The molecule has 2 aromatic rings. The van der Waals surface area contributed by atoms with Gasteiger partial charge in [-0.1, -0.05) is 45.7 Å². The number of carbonyl (C=O) groups is 1. The van der Waals surface area contributed by atoms with Crippen LogP contribution >= 0.6 is 35.1 Å². The molecule has 0 saturated carbocycles. The van der Waals surface area contributed by atoms with E-state index < -0.39 is 59.1 Å². The molecule has 1 aliphatic heterocycles. The highest BCUT2D eigenvalue weighted by atomic mass is 79.9. The molecule has 1 saturated heterocycles. The number of aliphatic hydroxyl groups is 1. The number of aliphatic hydroxyl groups excluding tert-OH is 1. The van der Waals surface area contributed by atoms with Gasteiger partial charge in [-0.15, -0.1) is 0 Å². The number of aromatic amines is 1. The summed E-state index contributed by atoms with van der Waals surface area (Å²) in [6.45, 7) is 4.45. The number of nitrogens with zero attached hydrogens (tertiary/aromatic N) is 1. The predicted molar refractivity (Wildman–Crippen MR) is 135 cm³/mol. The molecule has 0 amide bonds. The molecule has 3 rings (SSSR count). The zero-order chi connectivity index (χ0) is 26.7. The molecule has 11 nitrogen and oxygen atoms in total. The van der Waals surface area contributed by atoms with E-state index in [1.54, 1.807) is 51.1 Å². The van der Waals surface area contributed by atoms with Crippen LogP contribution in [0.15, 0.2) is 52.2 Å².